The maximum absolute atomic E-state index is 12.3. The van der Waals surface area contributed by atoms with Crippen molar-refractivity contribution in [1.29, 1.82) is 0 Å². The van der Waals surface area contributed by atoms with Crippen LogP contribution in [0.15, 0.2) is 18.2 Å². The number of carboxylic acid groups (broad SMARTS) is 1. The van der Waals surface area contributed by atoms with Crippen molar-refractivity contribution in [2.24, 2.45) is 0 Å². The Morgan fingerprint density at radius 1 is 1.24 bits per heavy atom. The molecule has 0 saturated carbocycles. The van der Waals surface area contributed by atoms with Crippen LogP contribution in [0.25, 0.3) is 0 Å². The van der Waals surface area contributed by atoms with Gasteiger partial charge in [0.25, 0.3) is 5.91 Å². The first-order valence-corrected chi connectivity index (χ1v) is 6.15. The molecular formula is C14H19NO6. The molecule has 0 bridgehead atoms. The van der Waals surface area contributed by atoms with Crippen molar-refractivity contribution >= 4 is 11.9 Å². The lowest BCUT2D eigenvalue weighted by Crippen LogP contribution is -2.55. The zero-order valence-corrected chi connectivity index (χ0v) is 12.4. The molecule has 0 aliphatic carbocycles. The van der Waals surface area contributed by atoms with E-state index < -0.39 is 17.4 Å². The average molecular weight is 297 g/mol. The van der Waals surface area contributed by atoms with E-state index in [0.717, 1.165) is 0 Å². The van der Waals surface area contributed by atoms with Crippen LogP contribution in [0.3, 0.4) is 0 Å². The third-order valence-electron chi connectivity index (χ3n) is 2.95. The van der Waals surface area contributed by atoms with Crippen LogP contribution in [-0.2, 0) is 9.53 Å². The van der Waals surface area contributed by atoms with Gasteiger partial charge < -0.3 is 24.6 Å². The molecule has 7 heteroatoms. The molecule has 0 saturated heterocycles. The van der Waals surface area contributed by atoms with Crippen molar-refractivity contribution in [3.05, 3.63) is 23.8 Å². The fraction of sp³-hybridized carbons (Fsp3) is 0.429. The zero-order chi connectivity index (χ0) is 16.0. The number of hydrogen-bond donors (Lipinski definition) is 2. The molecule has 0 aliphatic rings. The number of ether oxygens (including phenoxy) is 3. The van der Waals surface area contributed by atoms with Gasteiger partial charge in [0, 0.05) is 13.2 Å². The fourth-order valence-corrected chi connectivity index (χ4v) is 1.74. The third-order valence-corrected chi connectivity index (χ3v) is 2.95. The summed E-state index contributed by atoms with van der Waals surface area (Å²) < 4.78 is 15.0. The molecule has 7 nitrogen and oxygen atoms in total. The second kappa shape index (κ2) is 6.94. The van der Waals surface area contributed by atoms with E-state index in [-0.39, 0.29) is 17.9 Å². The number of aliphatic carboxylic acids is 1. The minimum Gasteiger partial charge on any atom is -0.497 e. The maximum atomic E-state index is 12.3. The van der Waals surface area contributed by atoms with Crippen LogP contribution in [0, 0.1) is 0 Å². The molecule has 1 atom stereocenters. The van der Waals surface area contributed by atoms with Gasteiger partial charge in [0.15, 0.2) is 5.54 Å². The van der Waals surface area contributed by atoms with Crippen molar-refractivity contribution in [3.8, 4) is 11.5 Å². The van der Waals surface area contributed by atoms with Crippen LogP contribution in [0.2, 0.25) is 0 Å². The molecule has 1 unspecified atom stereocenters. The van der Waals surface area contributed by atoms with Crippen LogP contribution in [0.5, 0.6) is 11.5 Å². The Morgan fingerprint density at radius 2 is 1.90 bits per heavy atom. The van der Waals surface area contributed by atoms with Gasteiger partial charge in [-0.2, -0.15) is 0 Å². The molecule has 2 N–H and O–H groups in total. The second-order valence-corrected chi connectivity index (χ2v) is 4.59. The highest BCUT2D eigenvalue weighted by Crippen LogP contribution is 2.25. The summed E-state index contributed by atoms with van der Waals surface area (Å²) in [5, 5.41) is 11.7. The number of nitrogens with one attached hydrogen (secondary N) is 1. The van der Waals surface area contributed by atoms with Gasteiger partial charge in [0.1, 0.15) is 11.5 Å². The Hall–Kier alpha value is -2.28. The Bertz CT molecular complexity index is 530. The zero-order valence-electron chi connectivity index (χ0n) is 12.4. The molecule has 0 radical (unpaired) electrons. The van der Waals surface area contributed by atoms with E-state index in [1.54, 1.807) is 12.1 Å². The highest BCUT2D eigenvalue weighted by Gasteiger charge is 2.35. The van der Waals surface area contributed by atoms with E-state index in [9.17, 15) is 14.7 Å². The summed E-state index contributed by atoms with van der Waals surface area (Å²) in [6.07, 6.45) is 0. The van der Waals surface area contributed by atoms with Gasteiger partial charge in [-0.25, -0.2) is 4.79 Å². The lowest BCUT2D eigenvalue weighted by atomic mass is 10.0. The predicted molar refractivity (Wildman–Crippen MR) is 74.9 cm³/mol. The van der Waals surface area contributed by atoms with Crippen molar-refractivity contribution in [2.45, 2.75) is 12.5 Å². The van der Waals surface area contributed by atoms with Gasteiger partial charge in [-0.3, -0.25) is 4.79 Å². The topological polar surface area (TPSA) is 94.1 Å². The largest absolute Gasteiger partial charge is 0.497 e. The molecule has 0 aliphatic heterocycles. The molecule has 0 spiro atoms. The van der Waals surface area contributed by atoms with E-state index in [1.165, 1.54) is 34.3 Å². The first-order chi connectivity index (χ1) is 9.87. The minimum absolute atomic E-state index is 0.160. The molecular weight excluding hydrogens is 278 g/mol. The molecule has 0 heterocycles. The summed E-state index contributed by atoms with van der Waals surface area (Å²) in [7, 11) is 4.27. The van der Waals surface area contributed by atoms with E-state index in [4.69, 9.17) is 14.2 Å². The van der Waals surface area contributed by atoms with Gasteiger partial charge in [-0.1, -0.05) is 0 Å². The third kappa shape index (κ3) is 3.85. The van der Waals surface area contributed by atoms with Gasteiger partial charge in [-0.15, -0.1) is 0 Å². The first kappa shape index (κ1) is 16.8. The minimum atomic E-state index is -1.53. The number of hydrogen-bond acceptors (Lipinski definition) is 5. The van der Waals surface area contributed by atoms with E-state index in [2.05, 4.69) is 5.32 Å². The summed E-state index contributed by atoms with van der Waals surface area (Å²) in [6.45, 7) is 1.21. The average Bonchev–Trinajstić information content (AvgIpc) is 2.46. The number of benzene rings is 1. The SMILES string of the molecule is COCC(C)(NC(=O)c1ccc(OC)cc1OC)C(=O)O. The maximum Gasteiger partial charge on any atom is 0.331 e. The highest BCUT2D eigenvalue weighted by atomic mass is 16.5. The predicted octanol–water partition coefficient (Wildman–Crippen LogP) is 0.923. The Kier molecular flexibility index (Phi) is 5.54. The molecule has 116 valence electrons. The van der Waals surface area contributed by atoms with E-state index in [1.807, 2.05) is 0 Å². The number of amides is 1. The number of rotatable bonds is 7. The molecule has 0 aromatic heterocycles. The number of methoxy groups -OCH3 is 3. The summed E-state index contributed by atoms with van der Waals surface area (Å²) >= 11 is 0. The van der Waals surface area contributed by atoms with E-state index in [0.29, 0.717) is 5.75 Å². The molecule has 21 heavy (non-hydrogen) atoms. The fourth-order valence-electron chi connectivity index (χ4n) is 1.74. The molecule has 1 aromatic rings. The van der Waals surface area contributed by atoms with Gasteiger partial charge >= 0.3 is 5.97 Å². The Balaban J connectivity index is 3.05. The lowest BCUT2D eigenvalue weighted by Gasteiger charge is -2.25. The van der Waals surface area contributed by atoms with Crippen molar-refractivity contribution in [3.63, 3.8) is 0 Å². The molecule has 1 aromatic carbocycles. The smallest absolute Gasteiger partial charge is 0.331 e. The summed E-state index contributed by atoms with van der Waals surface area (Å²) in [6, 6.07) is 4.64. The summed E-state index contributed by atoms with van der Waals surface area (Å²) in [5.41, 5.74) is -1.32. The summed E-state index contributed by atoms with van der Waals surface area (Å²) in [5.74, 6) is -0.945. The normalized spacial score (nSPS) is 13.1. The summed E-state index contributed by atoms with van der Waals surface area (Å²) in [4.78, 5) is 23.6. The van der Waals surface area contributed by atoms with Gasteiger partial charge in [0.05, 0.1) is 26.4 Å². The monoisotopic (exact) mass is 297 g/mol. The molecule has 1 amide bonds. The Labute approximate surface area is 122 Å². The van der Waals surface area contributed by atoms with Gasteiger partial charge in [0.2, 0.25) is 0 Å². The lowest BCUT2D eigenvalue weighted by molar-refractivity contribution is -0.145. The standard InChI is InChI=1S/C14H19NO6/c1-14(8-19-2,13(17)18)15-12(16)10-6-5-9(20-3)7-11(10)21-4/h5-7H,8H2,1-4H3,(H,15,16)(H,17,18). The quantitative estimate of drug-likeness (QED) is 0.777. The van der Waals surface area contributed by atoms with Crippen LogP contribution in [-0.4, -0.2) is 50.5 Å². The number of carbonyl (C=O) groups is 2. The van der Waals surface area contributed by atoms with Crippen molar-refractivity contribution in [1.82, 2.24) is 5.32 Å². The molecule has 1 rings (SSSR count). The van der Waals surface area contributed by atoms with Crippen LogP contribution < -0.4 is 14.8 Å². The van der Waals surface area contributed by atoms with Crippen LogP contribution >= 0.6 is 0 Å². The number of carbonyl (C=O) groups excluding carboxylic acids is 1. The van der Waals surface area contributed by atoms with Gasteiger partial charge in [-0.05, 0) is 19.1 Å². The first-order valence-electron chi connectivity index (χ1n) is 6.15. The van der Waals surface area contributed by atoms with E-state index >= 15 is 0 Å². The second-order valence-electron chi connectivity index (χ2n) is 4.59. The molecule has 0 fully saturated rings. The van der Waals surface area contributed by atoms with Crippen molar-refractivity contribution < 1.29 is 28.9 Å². The Morgan fingerprint density at radius 3 is 2.38 bits per heavy atom. The van der Waals surface area contributed by atoms with Crippen molar-refractivity contribution in [2.75, 3.05) is 27.9 Å². The highest BCUT2D eigenvalue weighted by molar-refractivity contribution is 6.00. The number of carboxylic acids is 1. The van der Waals surface area contributed by atoms with Crippen LogP contribution in [0.1, 0.15) is 17.3 Å². The van der Waals surface area contributed by atoms with Crippen LogP contribution in [0.4, 0.5) is 0 Å².